The lowest BCUT2D eigenvalue weighted by atomic mass is 10.1. The molecule has 0 fully saturated rings. The van der Waals surface area contributed by atoms with E-state index in [2.05, 4.69) is 4.98 Å². The van der Waals surface area contributed by atoms with Gasteiger partial charge in [0.15, 0.2) is 0 Å². The molecule has 0 aliphatic rings. The normalized spacial score (nSPS) is 13.0. The molecule has 1 aromatic heterocycles. The van der Waals surface area contributed by atoms with Crippen molar-refractivity contribution in [3.63, 3.8) is 0 Å². The second-order valence-electron chi connectivity index (χ2n) is 2.60. The van der Waals surface area contributed by atoms with Gasteiger partial charge in [0.1, 0.15) is 0 Å². The van der Waals surface area contributed by atoms with Gasteiger partial charge >= 0.3 is 0 Å². The van der Waals surface area contributed by atoms with Gasteiger partial charge in [-0.2, -0.15) is 4.39 Å². The zero-order valence-electron chi connectivity index (χ0n) is 6.79. The van der Waals surface area contributed by atoms with E-state index in [0.717, 1.165) is 0 Å². The monoisotopic (exact) mass is 170 g/mol. The molecule has 0 aromatic carbocycles. The van der Waals surface area contributed by atoms with Gasteiger partial charge in [0.25, 0.3) is 0 Å². The number of hydrogen-bond acceptors (Lipinski definition) is 3. The molecule has 4 heteroatoms. The van der Waals surface area contributed by atoms with Crippen molar-refractivity contribution in [1.29, 1.82) is 0 Å². The summed E-state index contributed by atoms with van der Waals surface area (Å²) in [6, 6.07) is 2.30. The van der Waals surface area contributed by atoms with E-state index < -0.39 is 12.0 Å². The minimum Gasteiger partial charge on any atom is -0.394 e. The van der Waals surface area contributed by atoms with E-state index in [1.54, 1.807) is 13.0 Å². The lowest BCUT2D eigenvalue weighted by Crippen LogP contribution is -2.16. The van der Waals surface area contributed by atoms with Gasteiger partial charge in [-0.05, 0) is 18.6 Å². The third kappa shape index (κ3) is 1.78. The predicted molar refractivity (Wildman–Crippen MR) is 42.9 cm³/mol. The molecule has 0 saturated carbocycles. The highest BCUT2D eigenvalue weighted by Crippen LogP contribution is 2.13. The van der Waals surface area contributed by atoms with Gasteiger partial charge in [-0.15, -0.1) is 0 Å². The zero-order valence-corrected chi connectivity index (χ0v) is 6.79. The minimum atomic E-state index is -0.526. The summed E-state index contributed by atoms with van der Waals surface area (Å²) in [7, 11) is 0. The van der Waals surface area contributed by atoms with Crippen LogP contribution in [0.5, 0.6) is 0 Å². The van der Waals surface area contributed by atoms with Crippen LogP contribution in [0.4, 0.5) is 4.39 Å². The number of aliphatic hydroxyl groups excluding tert-OH is 1. The van der Waals surface area contributed by atoms with E-state index >= 15 is 0 Å². The number of aryl methyl sites for hydroxylation is 1. The number of pyridine rings is 1. The van der Waals surface area contributed by atoms with Gasteiger partial charge in [0.2, 0.25) is 5.95 Å². The third-order valence-corrected chi connectivity index (χ3v) is 1.69. The first-order chi connectivity index (χ1) is 5.65. The molecule has 0 aliphatic heterocycles. The highest BCUT2D eigenvalue weighted by molar-refractivity contribution is 5.22. The molecule has 12 heavy (non-hydrogen) atoms. The molecule has 0 aliphatic carbocycles. The largest absolute Gasteiger partial charge is 0.394 e. The van der Waals surface area contributed by atoms with Crippen LogP contribution in [0.25, 0.3) is 0 Å². The Balaban J connectivity index is 3.01. The fraction of sp³-hybridized carbons (Fsp3) is 0.375. The second-order valence-corrected chi connectivity index (χ2v) is 2.60. The summed E-state index contributed by atoms with van der Waals surface area (Å²) in [5, 5.41) is 8.74. The molecule has 0 amide bonds. The lowest BCUT2D eigenvalue weighted by Gasteiger charge is -2.10. The van der Waals surface area contributed by atoms with Crippen LogP contribution < -0.4 is 5.73 Å². The number of aromatic nitrogens is 1. The Morgan fingerprint density at radius 1 is 1.67 bits per heavy atom. The van der Waals surface area contributed by atoms with Gasteiger partial charge in [-0.3, -0.25) is 0 Å². The smallest absolute Gasteiger partial charge is 0.213 e. The molecule has 0 bridgehead atoms. The third-order valence-electron chi connectivity index (χ3n) is 1.69. The van der Waals surface area contributed by atoms with Crippen LogP contribution in [0, 0.1) is 12.9 Å². The number of nitrogens with two attached hydrogens (primary N) is 1. The molecule has 3 N–H and O–H groups in total. The highest BCUT2D eigenvalue weighted by atomic mass is 19.1. The van der Waals surface area contributed by atoms with Crippen molar-refractivity contribution in [3.05, 3.63) is 29.3 Å². The van der Waals surface area contributed by atoms with Gasteiger partial charge in [-0.25, -0.2) is 4.98 Å². The number of halogens is 1. The average molecular weight is 170 g/mol. The molecule has 0 spiro atoms. The molecular weight excluding hydrogens is 159 g/mol. The molecule has 1 unspecified atom stereocenters. The SMILES string of the molecule is Cc1nc(F)ccc1C(N)CO. The summed E-state index contributed by atoms with van der Waals surface area (Å²) in [5.41, 5.74) is 6.74. The Morgan fingerprint density at radius 2 is 2.33 bits per heavy atom. The number of hydrogen-bond donors (Lipinski definition) is 2. The van der Waals surface area contributed by atoms with Crippen molar-refractivity contribution in [1.82, 2.24) is 4.98 Å². The van der Waals surface area contributed by atoms with Gasteiger partial charge in [-0.1, -0.05) is 6.07 Å². The van der Waals surface area contributed by atoms with Crippen LogP contribution in [0.15, 0.2) is 12.1 Å². The fourth-order valence-corrected chi connectivity index (χ4v) is 1.03. The molecule has 0 saturated heterocycles. The van der Waals surface area contributed by atoms with E-state index in [1.165, 1.54) is 6.07 Å². The van der Waals surface area contributed by atoms with Crippen LogP contribution in [-0.2, 0) is 0 Å². The van der Waals surface area contributed by atoms with Crippen LogP contribution in [-0.4, -0.2) is 16.7 Å². The highest BCUT2D eigenvalue weighted by Gasteiger charge is 2.08. The Bertz CT molecular complexity index is 278. The molecule has 66 valence electrons. The minimum absolute atomic E-state index is 0.159. The maximum absolute atomic E-state index is 12.5. The maximum atomic E-state index is 12.5. The topological polar surface area (TPSA) is 59.1 Å². The van der Waals surface area contributed by atoms with Crippen molar-refractivity contribution in [2.45, 2.75) is 13.0 Å². The van der Waals surface area contributed by atoms with Crippen LogP contribution in [0.2, 0.25) is 0 Å². The molecular formula is C8H11FN2O. The van der Waals surface area contributed by atoms with Crippen molar-refractivity contribution < 1.29 is 9.50 Å². The van der Waals surface area contributed by atoms with Crippen molar-refractivity contribution >= 4 is 0 Å². The molecule has 1 rings (SSSR count). The molecule has 0 radical (unpaired) electrons. The molecule has 1 heterocycles. The molecule has 3 nitrogen and oxygen atoms in total. The summed E-state index contributed by atoms with van der Waals surface area (Å²) in [4.78, 5) is 3.58. The van der Waals surface area contributed by atoms with Crippen LogP contribution in [0.3, 0.4) is 0 Å². The summed E-state index contributed by atoms with van der Waals surface area (Å²) >= 11 is 0. The first kappa shape index (κ1) is 9.09. The van der Waals surface area contributed by atoms with Gasteiger partial charge in [0.05, 0.1) is 12.6 Å². The van der Waals surface area contributed by atoms with E-state index in [4.69, 9.17) is 10.8 Å². The summed E-state index contributed by atoms with van der Waals surface area (Å²) in [6.07, 6.45) is 0. The van der Waals surface area contributed by atoms with Crippen molar-refractivity contribution in [2.24, 2.45) is 5.73 Å². The lowest BCUT2D eigenvalue weighted by molar-refractivity contribution is 0.267. The summed E-state index contributed by atoms with van der Waals surface area (Å²) < 4.78 is 12.5. The van der Waals surface area contributed by atoms with Gasteiger partial charge < -0.3 is 10.8 Å². The Morgan fingerprint density at radius 3 is 2.83 bits per heavy atom. The average Bonchev–Trinajstić information content (AvgIpc) is 2.03. The maximum Gasteiger partial charge on any atom is 0.213 e. The van der Waals surface area contributed by atoms with E-state index in [-0.39, 0.29) is 6.61 Å². The second kappa shape index (κ2) is 3.60. The first-order valence-electron chi connectivity index (χ1n) is 3.64. The number of rotatable bonds is 2. The Kier molecular flexibility index (Phi) is 2.73. The van der Waals surface area contributed by atoms with Crippen LogP contribution >= 0.6 is 0 Å². The summed E-state index contributed by atoms with van der Waals surface area (Å²) in [6.45, 7) is 1.50. The molecule has 1 atom stereocenters. The van der Waals surface area contributed by atoms with E-state index in [0.29, 0.717) is 11.3 Å². The quantitative estimate of drug-likeness (QED) is 0.636. The fourth-order valence-electron chi connectivity index (χ4n) is 1.03. The Labute approximate surface area is 70.0 Å². The number of aliphatic hydroxyl groups is 1. The Hall–Kier alpha value is -1.00. The van der Waals surface area contributed by atoms with Gasteiger partial charge in [0, 0.05) is 5.69 Å². The standard InChI is InChI=1S/C8H11FN2O/c1-5-6(7(10)4-12)2-3-8(9)11-5/h2-3,7,12H,4,10H2,1H3. The zero-order chi connectivity index (χ0) is 9.14. The van der Waals surface area contributed by atoms with Crippen LogP contribution in [0.1, 0.15) is 17.3 Å². The predicted octanol–water partition coefficient (Wildman–Crippen LogP) is 0.521. The van der Waals surface area contributed by atoms with E-state index in [9.17, 15) is 4.39 Å². The summed E-state index contributed by atoms with van der Waals surface area (Å²) in [5.74, 6) is -0.526. The van der Waals surface area contributed by atoms with Crippen molar-refractivity contribution in [2.75, 3.05) is 6.61 Å². The first-order valence-corrected chi connectivity index (χ1v) is 3.64. The van der Waals surface area contributed by atoms with E-state index in [1.807, 2.05) is 0 Å². The molecule has 1 aromatic rings. The van der Waals surface area contributed by atoms with Crippen molar-refractivity contribution in [3.8, 4) is 0 Å². The number of nitrogens with zero attached hydrogens (tertiary/aromatic N) is 1.